The van der Waals surface area contributed by atoms with Crippen LogP contribution in [0.1, 0.15) is 20.3 Å². The molecule has 1 fully saturated rings. The summed E-state index contributed by atoms with van der Waals surface area (Å²) in [5.74, 6) is -0.529. The van der Waals surface area contributed by atoms with Crippen molar-refractivity contribution >= 4 is 46.5 Å². The van der Waals surface area contributed by atoms with Crippen molar-refractivity contribution < 1.29 is 23.5 Å². The van der Waals surface area contributed by atoms with E-state index in [9.17, 15) is 14.0 Å². The summed E-state index contributed by atoms with van der Waals surface area (Å²) in [7, 11) is 0. The van der Waals surface area contributed by atoms with Crippen LogP contribution in [0.3, 0.4) is 0 Å². The van der Waals surface area contributed by atoms with Gasteiger partial charge in [-0.25, -0.2) is 9.78 Å². The molecule has 0 aromatic carbocycles. The first-order valence-electron chi connectivity index (χ1n) is 8.41. The highest BCUT2D eigenvalue weighted by atomic mass is 35.5. The number of rotatable bonds is 6. The van der Waals surface area contributed by atoms with Crippen LogP contribution in [0.2, 0.25) is 5.15 Å². The SMILES string of the molecule is CCOC(=O)C[C@H]1CSC[C@]1(C(=O)OCC)n1cnc2c(Cl)nc(F)nc21. The number of imidazole rings is 1. The molecule has 0 N–H and O–H groups in total. The normalized spacial score (nSPS) is 22.1. The quantitative estimate of drug-likeness (QED) is 0.401. The summed E-state index contributed by atoms with van der Waals surface area (Å²) in [6.07, 6.45) is 0.354. The number of fused-ring (bicyclic) bond motifs is 1. The molecule has 0 spiro atoms. The fourth-order valence-electron chi connectivity index (χ4n) is 3.24. The zero-order valence-electron chi connectivity index (χ0n) is 14.8. The Morgan fingerprint density at radius 3 is 2.81 bits per heavy atom. The second-order valence-electron chi connectivity index (χ2n) is 5.94. The van der Waals surface area contributed by atoms with E-state index in [1.54, 1.807) is 13.8 Å². The minimum absolute atomic E-state index is 0.0145. The van der Waals surface area contributed by atoms with Crippen molar-refractivity contribution in [2.45, 2.75) is 25.8 Å². The summed E-state index contributed by atoms with van der Waals surface area (Å²) in [5, 5.41) is -0.150. The third-order valence-corrected chi connectivity index (χ3v) is 5.97. The van der Waals surface area contributed by atoms with E-state index in [0.717, 1.165) is 0 Å². The molecule has 27 heavy (non-hydrogen) atoms. The molecule has 0 amide bonds. The molecule has 0 unspecified atom stereocenters. The van der Waals surface area contributed by atoms with Gasteiger partial charge in [-0.3, -0.25) is 9.36 Å². The van der Waals surface area contributed by atoms with Gasteiger partial charge in [0.25, 0.3) is 0 Å². The molecule has 146 valence electrons. The predicted octanol–water partition coefficient (Wildman–Crippen LogP) is 2.19. The van der Waals surface area contributed by atoms with Crippen LogP contribution in [0.4, 0.5) is 4.39 Å². The van der Waals surface area contributed by atoms with E-state index in [4.69, 9.17) is 21.1 Å². The van der Waals surface area contributed by atoms with Gasteiger partial charge in [-0.1, -0.05) is 11.6 Å². The molecule has 0 aliphatic carbocycles. The van der Waals surface area contributed by atoms with E-state index in [2.05, 4.69) is 15.0 Å². The topological polar surface area (TPSA) is 96.2 Å². The Balaban J connectivity index is 2.14. The van der Waals surface area contributed by atoms with Gasteiger partial charge in [0.1, 0.15) is 5.52 Å². The largest absolute Gasteiger partial charge is 0.466 e. The Kier molecular flexibility index (Phi) is 5.85. The average Bonchev–Trinajstić information content (AvgIpc) is 3.20. The summed E-state index contributed by atoms with van der Waals surface area (Å²) in [6.45, 7) is 3.81. The van der Waals surface area contributed by atoms with Gasteiger partial charge in [0.05, 0.1) is 26.0 Å². The van der Waals surface area contributed by atoms with Crippen LogP contribution >= 0.6 is 23.4 Å². The highest BCUT2D eigenvalue weighted by Gasteiger charge is 2.54. The fourth-order valence-corrected chi connectivity index (χ4v) is 5.04. The number of halogens is 2. The number of thioether (sulfide) groups is 1. The third-order valence-electron chi connectivity index (χ3n) is 4.42. The van der Waals surface area contributed by atoms with Crippen LogP contribution in [0, 0.1) is 12.0 Å². The predicted molar refractivity (Wildman–Crippen MR) is 97.0 cm³/mol. The highest BCUT2D eigenvalue weighted by Crippen LogP contribution is 2.44. The van der Waals surface area contributed by atoms with Crippen LogP contribution in [0.25, 0.3) is 11.2 Å². The molecule has 0 radical (unpaired) electrons. The van der Waals surface area contributed by atoms with Gasteiger partial charge >= 0.3 is 18.0 Å². The molecule has 3 rings (SSSR count). The van der Waals surface area contributed by atoms with Crippen molar-refractivity contribution in [3.63, 3.8) is 0 Å². The van der Waals surface area contributed by atoms with E-state index >= 15 is 0 Å². The summed E-state index contributed by atoms with van der Waals surface area (Å²) in [4.78, 5) is 36.5. The first kappa shape index (κ1) is 19.8. The Hall–Kier alpha value is -1.94. The van der Waals surface area contributed by atoms with Gasteiger partial charge < -0.3 is 9.47 Å². The monoisotopic (exact) mass is 416 g/mol. The molecule has 2 aromatic heterocycles. The van der Waals surface area contributed by atoms with E-state index in [-0.39, 0.29) is 36.0 Å². The molecule has 3 heterocycles. The van der Waals surface area contributed by atoms with Crippen molar-refractivity contribution in [2.24, 2.45) is 5.92 Å². The standard InChI is InChI=1S/C16H18ClFN4O4S/c1-3-25-10(23)5-9-6-27-7-16(9,14(24)26-4-2)22-8-19-11-12(17)20-15(18)21-13(11)22/h8-9H,3-7H2,1-2H3/t9-,16-/m0/s1. The Bertz CT molecular complexity index is 879. The number of hydrogen-bond acceptors (Lipinski definition) is 8. The lowest BCUT2D eigenvalue weighted by Crippen LogP contribution is -2.49. The summed E-state index contributed by atoms with van der Waals surface area (Å²) < 4.78 is 25.6. The van der Waals surface area contributed by atoms with E-state index < -0.39 is 29.5 Å². The maximum atomic E-state index is 13.8. The Labute approximate surface area is 163 Å². The van der Waals surface area contributed by atoms with Crippen LogP contribution in [-0.4, -0.2) is 56.2 Å². The zero-order chi connectivity index (χ0) is 19.6. The van der Waals surface area contributed by atoms with Gasteiger partial charge in [0.15, 0.2) is 16.3 Å². The molecule has 2 atom stereocenters. The van der Waals surface area contributed by atoms with Crippen molar-refractivity contribution in [1.29, 1.82) is 0 Å². The van der Waals surface area contributed by atoms with E-state index in [1.807, 2.05) is 0 Å². The van der Waals surface area contributed by atoms with Crippen LogP contribution in [0.15, 0.2) is 6.33 Å². The van der Waals surface area contributed by atoms with Gasteiger partial charge in [-0.15, -0.1) is 0 Å². The molecule has 8 nitrogen and oxygen atoms in total. The minimum atomic E-state index is -1.27. The molecule has 1 aliphatic rings. The first-order chi connectivity index (χ1) is 12.9. The summed E-state index contributed by atoms with van der Waals surface area (Å²) in [5.41, 5.74) is -1.02. The smallest absolute Gasteiger partial charge is 0.333 e. The maximum absolute atomic E-state index is 13.8. The fraction of sp³-hybridized carbons (Fsp3) is 0.562. The van der Waals surface area contributed by atoms with Crippen LogP contribution in [0.5, 0.6) is 0 Å². The number of nitrogens with zero attached hydrogens (tertiary/aromatic N) is 4. The number of ether oxygens (including phenoxy) is 2. The Morgan fingerprint density at radius 1 is 1.37 bits per heavy atom. The van der Waals surface area contributed by atoms with Crippen LogP contribution < -0.4 is 0 Å². The second-order valence-corrected chi connectivity index (χ2v) is 7.32. The van der Waals surface area contributed by atoms with Gasteiger partial charge in [0.2, 0.25) is 0 Å². The van der Waals surface area contributed by atoms with E-state index in [1.165, 1.54) is 22.7 Å². The second kappa shape index (κ2) is 7.97. The van der Waals surface area contributed by atoms with Crippen molar-refractivity contribution in [3.05, 3.63) is 17.6 Å². The highest BCUT2D eigenvalue weighted by molar-refractivity contribution is 7.99. The molecule has 0 saturated carbocycles. The number of hydrogen-bond donors (Lipinski definition) is 0. The average molecular weight is 417 g/mol. The number of esters is 2. The Morgan fingerprint density at radius 2 is 2.11 bits per heavy atom. The zero-order valence-corrected chi connectivity index (χ0v) is 16.3. The van der Waals surface area contributed by atoms with Crippen LogP contribution in [-0.2, 0) is 24.6 Å². The number of carbonyl (C=O) groups excluding carboxylic acids is 2. The number of carbonyl (C=O) groups is 2. The van der Waals surface area contributed by atoms with Gasteiger partial charge in [-0.2, -0.15) is 26.1 Å². The van der Waals surface area contributed by atoms with Crippen molar-refractivity contribution in [1.82, 2.24) is 19.5 Å². The molecular formula is C16H18ClFN4O4S. The molecule has 1 saturated heterocycles. The molecule has 1 aliphatic heterocycles. The van der Waals surface area contributed by atoms with Crippen molar-refractivity contribution in [2.75, 3.05) is 24.7 Å². The summed E-state index contributed by atoms with van der Waals surface area (Å²) in [6, 6.07) is 0. The van der Waals surface area contributed by atoms with E-state index in [0.29, 0.717) is 11.5 Å². The molecule has 11 heteroatoms. The van der Waals surface area contributed by atoms with Gasteiger partial charge in [0, 0.05) is 11.7 Å². The van der Waals surface area contributed by atoms with Crippen molar-refractivity contribution in [3.8, 4) is 0 Å². The minimum Gasteiger partial charge on any atom is -0.466 e. The first-order valence-corrected chi connectivity index (χ1v) is 9.94. The molecule has 2 aromatic rings. The maximum Gasteiger partial charge on any atom is 0.333 e. The molecule has 0 bridgehead atoms. The third kappa shape index (κ3) is 3.47. The van der Waals surface area contributed by atoms with Gasteiger partial charge in [-0.05, 0) is 19.6 Å². The number of aromatic nitrogens is 4. The lowest BCUT2D eigenvalue weighted by Gasteiger charge is -2.33. The molecular weight excluding hydrogens is 399 g/mol. The lowest BCUT2D eigenvalue weighted by atomic mass is 9.84. The lowest BCUT2D eigenvalue weighted by molar-refractivity contribution is -0.156. The summed E-state index contributed by atoms with van der Waals surface area (Å²) >= 11 is 7.46.